The maximum absolute atomic E-state index is 12.0. The third kappa shape index (κ3) is 5.55. The summed E-state index contributed by atoms with van der Waals surface area (Å²) >= 11 is 5.88. The monoisotopic (exact) mass is 345 g/mol. The zero-order valence-electron chi connectivity index (χ0n) is 14.3. The quantitative estimate of drug-likeness (QED) is 0.808. The Kier molecular flexibility index (Phi) is 6.64. The molecule has 2 aromatic carbocycles. The Bertz CT molecular complexity index is 653. The third-order valence-corrected chi connectivity index (χ3v) is 4.13. The molecule has 1 atom stereocenters. The summed E-state index contributed by atoms with van der Waals surface area (Å²) in [4.78, 5) is 14.0. The van der Waals surface area contributed by atoms with Gasteiger partial charge in [-0.25, -0.2) is 0 Å². The van der Waals surface area contributed by atoms with Gasteiger partial charge in [-0.2, -0.15) is 0 Å². The van der Waals surface area contributed by atoms with Crippen LogP contribution < -0.4 is 15.5 Å². The predicted molar refractivity (Wildman–Crippen MR) is 100 cm³/mol. The van der Waals surface area contributed by atoms with Crippen LogP contribution >= 0.6 is 11.6 Å². The van der Waals surface area contributed by atoms with E-state index >= 15 is 0 Å². The van der Waals surface area contributed by atoms with Gasteiger partial charge in [-0.15, -0.1) is 0 Å². The van der Waals surface area contributed by atoms with Crippen molar-refractivity contribution >= 4 is 23.2 Å². The molecule has 5 heteroatoms. The van der Waals surface area contributed by atoms with Crippen LogP contribution in [0.1, 0.15) is 24.1 Å². The summed E-state index contributed by atoms with van der Waals surface area (Å²) in [7, 11) is 4.01. The predicted octanol–water partition coefficient (Wildman–Crippen LogP) is 3.37. The summed E-state index contributed by atoms with van der Waals surface area (Å²) in [6, 6.07) is 15.9. The van der Waals surface area contributed by atoms with Crippen molar-refractivity contribution in [1.29, 1.82) is 0 Å². The van der Waals surface area contributed by atoms with E-state index in [-0.39, 0.29) is 18.5 Å². The van der Waals surface area contributed by atoms with Crippen molar-refractivity contribution in [1.82, 2.24) is 10.6 Å². The van der Waals surface area contributed by atoms with Gasteiger partial charge in [-0.1, -0.05) is 35.9 Å². The average molecular weight is 346 g/mol. The van der Waals surface area contributed by atoms with Gasteiger partial charge in [0.2, 0.25) is 5.91 Å². The first-order valence-electron chi connectivity index (χ1n) is 7.97. The zero-order valence-corrected chi connectivity index (χ0v) is 15.1. The fourth-order valence-electron chi connectivity index (χ4n) is 2.29. The van der Waals surface area contributed by atoms with Crippen molar-refractivity contribution in [2.24, 2.45) is 0 Å². The van der Waals surface area contributed by atoms with E-state index in [1.54, 1.807) is 0 Å². The normalized spacial score (nSPS) is 11.8. The maximum Gasteiger partial charge on any atom is 0.234 e. The maximum atomic E-state index is 12.0. The highest BCUT2D eigenvalue weighted by Gasteiger charge is 2.07. The van der Waals surface area contributed by atoms with Gasteiger partial charge in [0.15, 0.2) is 0 Å². The topological polar surface area (TPSA) is 44.4 Å². The molecule has 2 N–H and O–H groups in total. The van der Waals surface area contributed by atoms with Crippen molar-refractivity contribution in [3.05, 3.63) is 64.7 Å². The van der Waals surface area contributed by atoms with Gasteiger partial charge < -0.3 is 15.5 Å². The Hall–Kier alpha value is -2.04. The third-order valence-electron chi connectivity index (χ3n) is 3.88. The number of rotatable bonds is 7. The Morgan fingerprint density at radius 2 is 1.71 bits per heavy atom. The molecule has 0 aromatic heterocycles. The van der Waals surface area contributed by atoms with E-state index in [1.807, 2.05) is 74.4 Å². The fraction of sp³-hybridized carbons (Fsp3) is 0.316. The summed E-state index contributed by atoms with van der Waals surface area (Å²) in [5, 5.41) is 6.86. The molecule has 0 fully saturated rings. The average Bonchev–Trinajstić information content (AvgIpc) is 2.58. The minimum Gasteiger partial charge on any atom is -0.378 e. The molecule has 1 amide bonds. The van der Waals surface area contributed by atoms with Crippen molar-refractivity contribution in [2.45, 2.75) is 19.5 Å². The minimum atomic E-state index is -0.0208. The Morgan fingerprint density at radius 1 is 1.08 bits per heavy atom. The van der Waals surface area contributed by atoms with Crippen LogP contribution in [-0.2, 0) is 11.3 Å². The largest absolute Gasteiger partial charge is 0.378 e. The lowest BCUT2D eigenvalue weighted by Gasteiger charge is -2.15. The van der Waals surface area contributed by atoms with Gasteiger partial charge in [0.1, 0.15) is 0 Å². The van der Waals surface area contributed by atoms with Gasteiger partial charge in [-0.05, 0) is 42.3 Å². The number of nitrogens with zero attached hydrogens (tertiary/aromatic N) is 1. The van der Waals surface area contributed by atoms with E-state index in [2.05, 4.69) is 10.6 Å². The fourth-order valence-corrected chi connectivity index (χ4v) is 2.42. The van der Waals surface area contributed by atoms with Crippen LogP contribution in [0.3, 0.4) is 0 Å². The number of hydrogen-bond donors (Lipinski definition) is 2. The highest BCUT2D eigenvalue weighted by Crippen LogP contribution is 2.15. The SMILES string of the molecule is C[C@@H](NCC(=O)NCc1ccc(N(C)C)cc1)c1ccc(Cl)cc1. The number of halogens is 1. The van der Waals surface area contributed by atoms with Crippen molar-refractivity contribution in [3.8, 4) is 0 Å². The molecule has 0 heterocycles. The van der Waals surface area contributed by atoms with Crippen LogP contribution in [0.15, 0.2) is 48.5 Å². The molecule has 0 saturated carbocycles. The van der Waals surface area contributed by atoms with Crippen LogP contribution in [-0.4, -0.2) is 26.5 Å². The second-order valence-corrected chi connectivity index (χ2v) is 6.43. The smallest absolute Gasteiger partial charge is 0.234 e. The highest BCUT2D eigenvalue weighted by atomic mass is 35.5. The number of carbonyl (C=O) groups is 1. The molecule has 2 aromatic rings. The van der Waals surface area contributed by atoms with Crippen molar-refractivity contribution in [2.75, 3.05) is 25.5 Å². The van der Waals surface area contributed by atoms with E-state index in [9.17, 15) is 4.79 Å². The molecule has 0 saturated heterocycles. The molecule has 0 bridgehead atoms. The van der Waals surface area contributed by atoms with Gasteiger partial charge >= 0.3 is 0 Å². The van der Waals surface area contributed by atoms with Gasteiger partial charge in [0, 0.05) is 37.4 Å². The van der Waals surface area contributed by atoms with Gasteiger partial charge in [-0.3, -0.25) is 4.79 Å². The number of benzene rings is 2. The molecule has 0 radical (unpaired) electrons. The summed E-state index contributed by atoms with van der Waals surface area (Å²) in [5.74, 6) is -0.0208. The number of hydrogen-bond acceptors (Lipinski definition) is 3. The van der Waals surface area contributed by atoms with Crippen molar-refractivity contribution in [3.63, 3.8) is 0 Å². The van der Waals surface area contributed by atoms with Gasteiger partial charge in [0.25, 0.3) is 0 Å². The molecule has 0 aliphatic carbocycles. The van der Waals surface area contributed by atoms with E-state index in [0.717, 1.165) is 16.8 Å². The Labute approximate surface area is 148 Å². The second-order valence-electron chi connectivity index (χ2n) is 5.99. The second kappa shape index (κ2) is 8.71. The van der Waals surface area contributed by atoms with Crippen molar-refractivity contribution < 1.29 is 4.79 Å². The van der Waals surface area contributed by atoms with E-state index < -0.39 is 0 Å². The molecule has 24 heavy (non-hydrogen) atoms. The molecule has 4 nitrogen and oxygen atoms in total. The summed E-state index contributed by atoms with van der Waals surface area (Å²) in [6.45, 7) is 2.83. The molecular formula is C19H24ClN3O. The van der Waals surface area contributed by atoms with E-state index in [0.29, 0.717) is 11.6 Å². The zero-order chi connectivity index (χ0) is 17.5. The van der Waals surface area contributed by atoms with Crippen LogP contribution in [0.4, 0.5) is 5.69 Å². The standard InChI is InChI=1S/C19H24ClN3O/c1-14(16-6-8-17(20)9-7-16)21-13-19(24)22-12-15-4-10-18(11-5-15)23(2)3/h4-11,14,21H,12-13H2,1-3H3,(H,22,24)/t14-/m1/s1. The molecule has 0 aliphatic heterocycles. The van der Waals surface area contributed by atoms with E-state index in [1.165, 1.54) is 0 Å². The molecular weight excluding hydrogens is 322 g/mol. The summed E-state index contributed by atoms with van der Waals surface area (Å²) < 4.78 is 0. The lowest BCUT2D eigenvalue weighted by atomic mass is 10.1. The lowest BCUT2D eigenvalue weighted by Crippen LogP contribution is -2.34. The molecule has 2 rings (SSSR count). The number of anilines is 1. The van der Waals surface area contributed by atoms with Crippen LogP contribution in [0.25, 0.3) is 0 Å². The number of nitrogens with one attached hydrogen (secondary N) is 2. The number of carbonyl (C=O) groups excluding carboxylic acids is 1. The molecule has 0 unspecified atom stereocenters. The molecule has 0 aliphatic rings. The first-order chi connectivity index (χ1) is 11.5. The van der Waals surface area contributed by atoms with Crippen LogP contribution in [0, 0.1) is 0 Å². The first kappa shape index (κ1) is 18.3. The highest BCUT2D eigenvalue weighted by molar-refractivity contribution is 6.30. The van der Waals surface area contributed by atoms with Crippen LogP contribution in [0.2, 0.25) is 5.02 Å². The summed E-state index contributed by atoms with van der Waals surface area (Å²) in [5.41, 5.74) is 3.33. The lowest BCUT2D eigenvalue weighted by molar-refractivity contribution is -0.120. The number of amides is 1. The summed E-state index contributed by atoms with van der Waals surface area (Å²) in [6.07, 6.45) is 0. The minimum absolute atomic E-state index is 0.0208. The van der Waals surface area contributed by atoms with Crippen LogP contribution in [0.5, 0.6) is 0 Å². The van der Waals surface area contributed by atoms with Gasteiger partial charge in [0.05, 0.1) is 6.54 Å². The Morgan fingerprint density at radius 3 is 2.29 bits per heavy atom. The first-order valence-corrected chi connectivity index (χ1v) is 8.35. The Balaban J connectivity index is 1.75. The molecule has 0 spiro atoms. The molecule has 128 valence electrons. The van der Waals surface area contributed by atoms with E-state index in [4.69, 9.17) is 11.6 Å².